The molecular formula is C12H24N2. The monoisotopic (exact) mass is 196 g/mol. The smallest absolute Gasteiger partial charge is 0.00385 e. The number of likely N-dealkylation sites (tertiary alicyclic amines) is 1. The van der Waals surface area contributed by atoms with Crippen LogP contribution < -0.4 is 5.73 Å². The lowest BCUT2D eigenvalue weighted by Gasteiger charge is -2.23. The quantitative estimate of drug-likeness (QED) is 0.748. The maximum absolute atomic E-state index is 5.79. The molecule has 1 saturated heterocycles. The molecule has 0 amide bonds. The van der Waals surface area contributed by atoms with Gasteiger partial charge in [0.15, 0.2) is 0 Å². The van der Waals surface area contributed by atoms with Crippen molar-refractivity contribution in [1.82, 2.24) is 4.90 Å². The van der Waals surface area contributed by atoms with Gasteiger partial charge in [0.2, 0.25) is 0 Å². The first-order valence-electron chi connectivity index (χ1n) is 6.18. The van der Waals surface area contributed by atoms with Crippen molar-refractivity contribution in [1.29, 1.82) is 0 Å². The summed E-state index contributed by atoms with van der Waals surface area (Å²) in [6.45, 7) is 6.02. The third kappa shape index (κ3) is 2.29. The van der Waals surface area contributed by atoms with Gasteiger partial charge in [-0.3, -0.25) is 0 Å². The first kappa shape index (κ1) is 10.4. The largest absolute Gasteiger partial charge is 0.328 e. The Morgan fingerprint density at radius 3 is 2.64 bits per heavy atom. The number of nitrogens with two attached hydrogens (primary N) is 1. The predicted molar refractivity (Wildman–Crippen MR) is 60.2 cm³/mol. The van der Waals surface area contributed by atoms with Gasteiger partial charge in [-0.2, -0.15) is 0 Å². The van der Waals surface area contributed by atoms with Crippen LogP contribution in [0.4, 0.5) is 0 Å². The maximum atomic E-state index is 5.79. The Kier molecular flexibility index (Phi) is 3.13. The number of nitrogens with zero attached hydrogens (tertiary/aromatic N) is 1. The van der Waals surface area contributed by atoms with Crippen LogP contribution in [0.5, 0.6) is 0 Å². The van der Waals surface area contributed by atoms with Crippen molar-refractivity contribution in [3.63, 3.8) is 0 Å². The molecule has 1 atom stereocenters. The van der Waals surface area contributed by atoms with Gasteiger partial charge in [0, 0.05) is 12.6 Å². The molecule has 0 aromatic heterocycles. The minimum Gasteiger partial charge on any atom is -0.328 e. The van der Waals surface area contributed by atoms with E-state index in [-0.39, 0.29) is 0 Å². The fourth-order valence-electron chi connectivity index (χ4n) is 3.14. The van der Waals surface area contributed by atoms with E-state index in [1.165, 1.54) is 51.7 Å². The molecule has 1 saturated carbocycles. The molecule has 2 aliphatic rings. The lowest BCUT2D eigenvalue weighted by Crippen LogP contribution is -2.29. The zero-order valence-electron chi connectivity index (χ0n) is 9.47. The van der Waals surface area contributed by atoms with Gasteiger partial charge in [0.05, 0.1) is 0 Å². The van der Waals surface area contributed by atoms with Crippen LogP contribution in [0.3, 0.4) is 0 Å². The molecule has 1 heterocycles. The third-order valence-electron chi connectivity index (χ3n) is 4.08. The molecule has 14 heavy (non-hydrogen) atoms. The van der Waals surface area contributed by atoms with Crippen molar-refractivity contribution in [3.05, 3.63) is 0 Å². The molecule has 1 spiro atoms. The molecule has 2 nitrogen and oxygen atoms in total. The van der Waals surface area contributed by atoms with Gasteiger partial charge < -0.3 is 10.6 Å². The van der Waals surface area contributed by atoms with E-state index in [9.17, 15) is 0 Å². The van der Waals surface area contributed by atoms with Gasteiger partial charge in [0.1, 0.15) is 0 Å². The zero-order chi connectivity index (χ0) is 10.0. The fraction of sp³-hybridized carbons (Fsp3) is 1.00. The Labute approximate surface area is 87.8 Å². The molecule has 82 valence electrons. The highest BCUT2D eigenvalue weighted by molar-refractivity contribution is 4.93. The Hall–Kier alpha value is -0.0800. The second-order valence-corrected chi connectivity index (χ2v) is 5.50. The molecule has 2 N–H and O–H groups in total. The Morgan fingerprint density at radius 1 is 1.29 bits per heavy atom. The predicted octanol–water partition coefficient (Wildman–Crippen LogP) is 1.99. The van der Waals surface area contributed by atoms with E-state index in [2.05, 4.69) is 11.8 Å². The molecule has 0 radical (unpaired) electrons. The van der Waals surface area contributed by atoms with E-state index >= 15 is 0 Å². The molecule has 1 aliphatic heterocycles. The van der Waals surface area contributed by atoms with E-state index < -0.39 is 0 Å². The molecule has 2 heteroatoms. The van der Waals surface area contributed by atoms with Crippen molar-refractivity contribution in [2.24, 2.45) is 11.1 Å². The van der Waals surface area contributed by atoms with Crippen LogP contribution in [-0.4, -0.2) is 30.6 Å². The van der Waals surface area contributed by atoms with Crippen LogP contribution in [0.1, 0.15) is 45.4 Å². The SMILES string of the molecule is CC(N)CCN1CCC2(CCCC2)C1. The van der Waals surface area contributed by atoms with Crippen LogP contribution in [0.2, 0.25) is 0 Å². The van der Waals surface area contributed by atoms with Crippen molar-refractivity contribution in [2.45, 2.75) is 51.5 Å². The van der Waals surface area contributed by atoms with E-state index in [1.54, 1.807) is 0 Å². The second kappa shape index (κ2) is 4.19. The Bertz CT molecular complexity index is 183. The molecule has 2 rings (SSSR count). The number of rotatable bonds is 3. The molecule has 1 unspecified atom stereocenters. The second-order valence-electron chi connectivity index (χ2n) is 5.50. The normalized spacial score (nSPS) is 28.7. The first-order valence-corrected chi connectivity index (χ1v) is 6.18. The summed E-state index contributed by atoms with van der Waals surface area (Å²) in [5.41, 5.74) is 6.52. The van der Waals surface area contributed by atoms with E-state index in [0.717, 1.165) is 11.8 Å². The topological polar surface area (TPSA) is 29.3 Å². The van der Waals surface area contributed by atoms with Crippen LogP contribution in [-0.2, 0) is 0 Å². The van der Waals surface area contributed by atoms with E-state index in [1.807, 2.05) is 0 Å². The summed E-state index contributed by atoms with van der Waals surface area (Å²) in [7, 11) is 0. The highest BCUT2D eigenvalue weighted by atomic mass is 15.2. The third-order valence-corrected chi connectivity index (χ3v) is 4.08. The fourth-order valence-corrected chi connectivity index (χ4v) is 3.14. The van der Waals surface area contributed by atoms with Crippen molar-refractivity contribution in [2.75, 3.05) is 19.6 Å². The molecule has 0 bridgehead atoms. The summed E-state index contributed by atoms with van der Waals surface area (Å²) in [5.74, 6) is 0. The maximum Gasteiger partial charge on any atom is 0.00385 e. The highest BCUT2D eigenvalue weighted by Crippen LogP contribution is 2.45. The van der Waals surface area contributed by atoms with Gasteiger partial charge in [-0.05, 0) is 51.1 Å². The lowest BCUT2D eigenvalue weighted by molar-refractivity contribution is 0.256. The summed E-state index contributed by atoms with van der Waals surface area (Å²) in [6, 6.07) is 0.370. The standard InChI is InChI=1S/C12H24N2/c1-11(13)4-8-14-9-7-12(10-14)5-2-3-6-12/h11H,2-10,13H2,1H3. The van der Waals surface area contributed by atoms with Crippen LogP contribution >= 0.6 is 0 Å². The summed E-state index contributed by atoms with van der Waals surface area (Å²) >= 11 is 0. The number of hydrogen-bond donors (Lipinski definition) is 1. The minimum atomic E-state index is 0.370. The van der Waals surface area contributed by atoms with Gasteiger partial charge in [0.25, 0.3) is 0 Å². The Morgan fingerprint density at radius 2 is 2.00 bits per heavy atom. The highest BCUT2D eigenvalue weighted by Gasteiger charge is 2.39. The zero-order valence-corrected chi connectivity index (χ0v) is 9.47. The average Bonchev–Trinajstić information content (AvgIpc) is 2.74. The minimum absolute atomic E-state index is 0.370. The Balaban J connectivity index is 1.76. The van der Waals surface area contributed by atoms with Crippen LogP contribution in [0.15, 0.2) is 0 Å². The molecule has 2 fully saturated rings. The summed E-state index contributed by atoms with van der Waals surface area (Å²) < 4.78 is 0. The molecule has 0 aromatic rings. The van der Waals surface area contributed by atoms with Gasteiger partial charge >= 0.3 is 0 Å². The van der Waals surface area contributed by atoms with E-state index in [4.69, 9.17) is 5.73 Å². The van der Waals surface area contributed by atoms with Gasteiger partial charge in [-0.15, -0.1) is 0 Å². The van der Waals surface area contributed by atoms with Crippen molar-refractivity contribution >= 4 is 0 Å². The van der Waals surface area contributed by atoms with Crippen molar-refractivity contribution in [3.8, 4) is 0 Å². The first-order chi connectivity index (χ1) is 6.70. The van der Waals surface area contributed by atoms with Gasteiger partial charge in [-0.25, -0.2) is 0 Å². The molecular weight excluding hydrogens is 172 g/mol. The van der Waals surface area contributed by atoms with E-state index in [0.29, 0.717) is 6.04 Å². The summed E-state index contributed by atoms with van der Waals surface area (Å²) in [4.78, 5) is 2.63. The summed E-state index contributed by atoms with van der Waals surface area (Å²) in [5, 5.41) is 0. The van der Waals surface area contributed by atoms with Crippen LogP contribution in [0.25, 0.3) is 0 Å². The average molecular weight is 196 g/mol. The van der Waals surface area contributed by atoms with Crippen molar-refractivity contribution < 1.29 is 0 Å². The summed E-state index contributed by atoms with van der Waals surface area (Å²) in [6.07, 6.45) is 8.54. The molecule has 1 aliphatic carbocycles. The number of hydrogen-bond acceptors (Lipinski definition) is 2. The lowest BCUT2D eigenvalue weighted by atomic mass is 9.86. The molecule has 0 aromatic carbocycles. The van der Waals surface area contributed by atoms with Crippen LogP contribution in [0, 0.1) is 5.41 Å². The van der Waals surface area contributed by atoms with Gasteiger partial charge in [-0.1, -0.05) is 12.8 Å².